The van der Waals surface area contributed by atoms with Gasteiger partial charge in [-0.1, -0.05) is 56.3 Å². The van der Waals surface area contributed by atoms with Gasteiger partial charge in [-0.25, -0.2) is 113 Å². The summed E-state index contributed by atoms with van der Waals surface area (Å²) < 4.78 is 179. The van der Waals surface area contributed by atoms with Crippen molar-refractivity contribution in [2.24, 2.45) is 0 Å². The molecule has 0 spiro atoms. The standard InChI is InChI=1S/C19H6F6O6.C19H12O6.C17H6O7.C16H6O8S.C9H5FO3.C8H3FO3/c20-18(21,22)17(19(23,24)25,7-1-3-9-11(5-7)15(28)30-13(9)26)8-2-4-10-12(6-8)16(29)31-14(10)27;1-19(2,9-3-5-11-13(7-9)17(22)24-15(11)20)10-4-6-12-14(8-10)18(23)25-16(12)21;18-13(7-1-3-9-11(5-7)16(21)23-14(9)19)8-2-4-10-12(6-8)17(22)24-15(10)20;17-13-9-3-1-7(5-11(9)15(19)23-13)25(21,22)8-2-4-10-12(6-8)16(20)24-14(10)18;10-4-5-1-2-6-7(3-5)9(12)13-8(6)11;9-4-1-2-5-6(3-4)8(11)12-7(5)10/h1-6H;3-8H,1-2H3;1-6H;1-6H;1-3H,4H2;1-3H. The lowest BCUT2D eigenvalue weighted by molar-refractivity contribution is -0.288. The van der Waals surface area contributed by atoms with E-state index in [-0.39, 0.29) is 122 Å². The predicted octanol–water partition coefficient (Wildman–Crippen LogP) is 11.6. The van der Waals surface area contributed by atoms with E-state index in [1.807, 2.05) is 13.8 Å². The molecule has 20 rings (SSSR count). The molecule has 0 N–H and O–H groups in total. The maximum atomic E-state index is 14.2. The van der Waals surface area contributed by atoms with Crippen LogP contribution in [0.4, 0.5) is 35.1 Å². The van der Waals surface area contributed by atoms with Crippen molar-refractivity contribution < 1.29 is 192 Å². The van der Waals surface area contributed by atoms with Crippen molar-refractivity contribution >= 4 is 135 Å². The van der Waals surface area contributed by atoms with E-state index in [0.29, 0.717) is 29.8 Å². The molecule has 0 amide bonds. The third kappa shape index (κ3) is 15.1. The molecule has 0 aliphatic carbocycles. The highest BCUT2D eigenvalue weighted by atomic mass is 32.2. The molecule has 0 radical (unpaired) electrons. The zero-order valence-electron chi connectivity index (χ0n) is 64.4. The molecular formula is C88H38F8O33S. The summed E-state index contributed by atoms with van der Waals surface area (Å²) in [5, 5.41) is 0. The van der Waals surface area contributed by atoms with Crippen molar-refractivity contribution in [2.75, 3.05) is 0 Å². The summed E-state index contributed by atoms with van der Waals surface area (Å²) in [4.78, 5) is 241. The summed E-state index contributed by atoms with van der Waals surface area (Å²) in [5.41, 5.74) is -7.15. The lowest BCUT2D eigenvalue weighted by atomic mass is 9.71. The van der Waals surface area contributed by atoms with Crippen LogP contribution >= 0.6 is 0 Å². The van der Waals surface area contributed by atoms with Crippen LogP contribution in [-0.2, 0) is 74.7 Å². The van der Waals surface area contributed by atoms with Crippen molar-refractivity contribution in [2.45, 2.75) is 53.5 Å². The molecule has 10 aliphatic heterocycles. The number of halogens is 8. The molecular weight excluding hydrogens is 1770 g/mol. The fourth-order valence-corrected chi connectivity index (χ4v) is 15.5. The molecule has 130 heavy (non-hydrogen) atoms. The smallest absolute Gasteiger partial charge is 0.386 e. The van der Waals surface area contributed by atoms with E-state index in [0.717, 1.165) is 47.5 Å². The topological polar surface area (TPSA) is 485 Å². The number of ketones is 1. The monoisotopic (exact) mass is 1810 g/mol. The van der Waals surface area contributed by atoms with Crippen molar-refractivity contribution in [1.29, 1.82) is 0 Å². The average Bonchev–Trinajstić information content (AvgIpc) is 1.02. The molecule has 10 aromatic rings. The third-order valence-corrected chi connectivity index (χ3v) is 22.6. The Labute approximate surface area is 715 Å². The first kappa shape index (κ1) is 87.6. The minimum atomic E-state index is -6.02. The highest BCUT2D eigenvalue weighted by Gasteiger charge is 2.73. The van der Waals surface area contributed by atoms with Gasteiger partial charge in [0, 0.05) is 16.5 Å². The van der Waals surface area contributed by atoms with E-state index in [9.17, 15) is 144 Å². The van der Waals surface area contributed by atoms with Crippen molar-refractivity contribution in [1.82, 2.24) is 0 Å². The third-order valence-electron chi connectivity index (χ3n) is 20.9. The quantitative estimate of drug-likeness (QED) is 0.0426. The highest BCUT2D eigenvalue weighted by Crippen LogP contribution is 2.57. The van der Waals surface area contributed by atoms with Gasteiger partial charge >= 0.3 is 132 Å². The lowest BCUT2D eigenvalue weighted by Gasteiger charge is -2.38. The van der Waals surface area contributed by atoms with Crippen LogP contribution in [0.15, 0.2) is 192 Å². The number of esters is 20. The second-order valence-electron chi connectivity index (χ2n) is 28.7. The van der Waals surface area contributed by atoms with Gasteiger partial charge in [-0.15, -0.1) is 0 Å². The van der Waals surface area contributed by atoms with E-state index in [1.54, 1.807) is 36.4 Å². The van der Waals surface area contributed by atoms with Gasteiger partial charge < -0.3 is 47.4 Å². The maximum absolute atomic E-state index is 14.2. The van der Waals surface area contributed by atoms with Gasteiger partial charge in [0.2, 0.25) is 15.3 Å². The Balaban J connectivity index is 0.000000123. The van der Waals surface area contributed by atoms with Crippen LogP contribution in [-0.4, -0.2) is 146 Å². The van der Waals surface area contributed by atoms with Crippen LogP contribution in [0.1, 0.15) is 265 Å². The van der Waals surface area contributed by atoms with Crippen molar-refractivity contribution in [3.63, 3.8) is 0 Å². The van der Waals surface area contributed by atoms with Crippen LogP contribution in [0.3, 0.4) is 0 Å². The summed E-state index contributed by atoms with van der Waals surface area (Å²) in [6.45, 7) is 3.18. The lowest BCUT2D eigenvalue weighted by Crippen LogP contribution is -2.55. The predicted molar refractivity (Wildman–Crippen MR) is 401 cm³/mol. The van der Waals surface area contributed by atoms with Crippen LogP contribution in [0, 0.1) is 5.82 Å². The molecule has 10 aromatic carbocycles. The number of benzene rings is 10. The van der Waals surface area contributed by atoms with Gasteiger partial charge in [0.1, 0.15) is 12.5 Å². The number of fused-ring (bicyclic) bond motifs is 10. The van der Waals surface area contributed by atoms with Crippen molar-refractivity contribution in [3.05, 3.63) is 338 Å². The maximum Gasteiger partial charge on any atom is 0.411 e. The Kier molecular flexibility index (Phi) is 21.6. The number of hydrogen-bond donors (Lipinski definition) is 0. The zero-order valence-corrected chi connectivity index (χ0v) is 65.2. The number of hydrogen-bond acceptors (Lipinski definition) is 33. The van der Waals surface area contributed by atoms with Crippen LogP contribution in [0.2, 0.25) is 0 Å². The number of carbonyl (C=O) groups excluding carboxylic acids is 21. The van der Waals surface area contributed by atoms with E-state index in [4.69, 9.17) is 0 Å². The fourth-order valence-electron chi connectivity index (χ4n) is 14.2. The van der Waals surface area contributed by atoms with E-state index < -0.39 is 204 Å². The minimum absolute atomic E-state index is 0.000000000000000444. The number of sulfone groups is 1. The minimum Gasteiger partial charge on any atom is -0.386 e. The SMILES string of the molecule is CC(C)(c1ccc2c(c1)C(=O)OC2=O)c1ccc2c(c1)C(=O)OC2=O.O=C(c1ccc2c(c1)C(=O)OC2=O)c1ccc2c(c1)C(=O)OC2=O.O=C1OC(=O)c2cc(C(c3ccc4c(c3)C(=O)OC4=O)(C(F)(F)F)C(F)(F)F)ccc21.O=C1OC(=O)c2cc(CF)ccc21.O=C1OC(=O)c2cc(F)ccc21.O=C1OC(=O)c2cc(S(=O)(=O)c3ccc4c(c3)C(=O)OC4=O)ccc21. The summed E-state index contributed by atoms with van der Waals surface area (Å²) in [5.74, 6) is -18.4. The number of alkyl halides is 7. The van der Waals surface area contributed by atoms with Gasteiger partial charge in [-0.05, 0) is 167 Å². The normalized spacial score (nSPS) is 15.4. The highest BCUT2D eigenvalue weighted by molar-refractivity contribution is 7.91. The zero-order chi connectivity index (χ0) is 93.9. The molecule has 0 aromatic heterocycles. The molecule has 33 nitrogen and oxygen atoms in total. The first-order chi connectivity index (χ1) is 61.2. The Morgan fingerprint density at radius 1 is 0.254 bits per heavy atom. The van der Waals surface area contributed by atoms with Gasteiger partial charge in [0.05, 0.1) is 121 Å². The van der Waals surface area contributed by atoms with Crippen LogP contribution in [0.5, 0.6) is 0 Å². The molecule has 0 fully saturated rings. The summed E-state index contributed by atoms with van der Waals surface area (Å²) in [6.07, 6.45) is -12.0. The van der Waals surface area contributed by atoms with Gasteiger partial charge in [-0.3, -0.25) is 4.79 Å². The summed E-state index contributed by atoms with van der Waals surface area (Å²) in [6, 6.07) is 34.7. The number of carbonyl (C=O) groups is 21. The Morgan fingerprint density at radius 2 is 0.462 bits per heavy atom. The molecule has 10 aliphatic rings. The molecule has 10 heterocycles. The molecule has 650 valence electrons. The van der Waals surface area contributed by atoms with E-state index >= 15 is 0 Å². The first-order valence-corrected chi connectivity index (χ1v) is 37.9. The van der Waals surface area contributed by atoms with Crippen LogP contribution in [0.25, 0.3) is 0 Å². The molecule has 0 atom stereocenters. The van der Waals surface area contributed by atoms with E-state index in [2.05, 4.69) is 47.4 Å². The molecule has 0 saturated carbocycles. The van der Waals surface area contributed by atoms with Crippen LogP contribution < -0.4 is 0 Å². The molecule has 42 heteroatoms. The molecule has 0 unspecified atom stereocenters. The first-order valence-electron chi connectivity index (χ1n) is 36.4. The summed E-state index contributed by atoms with van der Waals surface area (Å²) >= 11 is 0. The Morgan fingerprint density at radius 3 is 0.738 bits per heavy atom. The second-order valence-corrected chi connectivity index (χ2v) is 30.6. The Bertz CT molecular complexity index is 6900. The Hall–Kier alpha value is -17.3. The van der Waals surface area contributed by atoms with E-state index in [1.165, 1.54) is 72.8 Å². The van der Waals surface area contributed by atoms with Gasteiger partial charge in [-0.2, -0.15) is 26.3 Å². The van der Waals surface area contributed by atoms with Gasteiger partial charge in [0.15, 0.2) is 5.78 Å². The van der Waals surface area contributed by atoms with Crippen molar-refractivity contribution in [3.8, 4) is 0 Å². The largest absolute Gasteiger partial charge is 0.411 e. The number of rotatable bonds is 9. The molecule has 0 saturated heterocycles. The summed E-state index contributed by atoms with van der Waals surface area (Å²) in [7, 11) is -4.10. The number of ether oxygens (including phenoxy) is 10. The molecule has 0 bridgehead atoms. The number of cyclic esters (lactones) is 20. The van der Waals surface area contributed by atoms with Gasteiger partial charge in [0.25, 0.3) is 0 Å². The average molecular weight is 1810 g/mol. The fraction of sp³-hybridized carbons (Fsp3) is 0.0795. The second kappa shape index (κ2) is 32.0.